The Hall–Kier alpha value is -0.380. The van der Waals surface area contributed by atoms with E-state index in [9.17, 15) is 0 Å². The predicted octanol–water partition coefficient (Wildman–Crippen LogP) is 3.26. The molecule has 2 N–H and O–H groups in total. The van der Waals surface area contributed by atoms with Crippen molar-refractivity contribution in [2.24, 2.45) is 10.4 Å². The molecule has 1 aliphatic rings. The molecule has 19 heavy (non-hydrogen) atoms. The Morgan fingerprint density at radius 3 is 2.58 bits per heavy atom. The fourth-order valence-corrected chi connectivity index (χ4v) is 3.10. The van der Waals surface area contributed by atoms with Crippen molar-refractivity contribution in [1.82, 2.24) is 10.6 Å². The fourth-order valence-electron chi connectivity index (χ4n) is 2.30. The topological polar surface area (TPSA) is 36.4 Å². The van der Waals surface area contributed by atoms with E-state index < -0.39 is 0 Å². The van der Waals surface area contributed by atoms with Gasteiger partial charge in [0.1, 0.15) is 0 Å². The summed E-state index contributed by atoms with van der Waals surface area (Å²) in [6.45, 7) is 10.8. The number of hydrogen-bond donors (Lipinski definition) is 2. The van der Waals surface area contributed by atoms with Crippen LogP contribution in [-0.2, 0) is 0 Å². The van der Waals surface area contributed by atoms with Crippen LogP contribution in [0.1, 0.15) is 53.4 Å². The van der Waals surface area contributed by atoms with Crippen molar-refractivity contribution in [2.75, 3.05) is 19.3 Å². The van der Waals surface area contributed by atoms with Crippen molar-refractivity contribution in [1.29, 1.82) is 0 Å². The highest BCUT2D eigenvalue weighted by Crippen LogP contribution is 2.28. The summed E-state index contributed by atoms with van der Waals surface area (Å²) in [5.74, 6) is 0.999. The number of hydrogen-bond acceptors (Lipinski definition) is 2. The van der Waals surface area contributed by atoms with Crippen molar-refractivity contribution < 1.29 is 0 Å². The average Bonchev–Trinajstić information content (AvgIpc) is 2.75. The maximum absolute atomic E-state index is 4.70. The summed E-state index contributed by atoms with van der Waals surface area (Å²) in [5, 5.41) is 7.78. The first-order valence-corrected chi connectivity index (χ1v) is 8.81. The van der Waals surface area contributed by atoms with Crippen molar-refractivity contribution in [3.8, 4) is 0 Å². The highest BCUT2D eigenvalue weighted by Gasteiger charge is 2.24. The summed E-state index contributed by atoms with van der Waals surface area (Å²) in [4.78, 5) is 4.70. The second kappa shape index (κ2) is 8.03. The second-order valence-electron chi connectivity index (χ2n) is 6.58. The van der Waals surface area contributed by atoms with E-state index in [-0.39, 0.29) is 0 Å². The number of rotatable bonds is 5. The van der Waals surface area contributed by atoms with Gasteiger partial charge in [0.25, 0.3) is 0 Å². The molecule has 112 valence electrons. The molecule has 3 nitrogen and oxygen atoms in total. The Labute approximate surface area is 123 Å². The summed E-state index contributed by atoms with van der Waals surface area (Å²) in [6, 6.07) is 0.602. The van der Waals surface area contributed by atoms with Crippen LogP contribution in [0.3, 0.4) is 0 Å². The number of nitrogens with one attached hydrogen (secondary N) is 2. The summed E-state index contributed by atoms with van der Waals surface area (Å²) >= 11 is 2.00. The van der Waals surface area contributed by atoms with Gasteiger partial charge < -0.3 is 10.6 Å². The van der Waals surface area contributed by atoms with Gasteiger partial charge in [-0.3, -0.25) is 4.99 Å². The maximum Gasteiger partial charge on any atom is 0.191 e. The lowest BCUT2D eigenvalue weighted by Crippen LogP contribution is -2.42. The van der Waals surface area contributed by atoms with Gasteiger partial charge in [-0.1, -0.05) is 20.8 Å². The first-order chi connectivity index (χ1) is 8.94. The molecular weight excluding hydrogens is 254 g/mol. The van der Waals surface area contributed by atoms with Gasteiger partial charge in [-0.2, -0.15) is 11.8 Å². The monoisotopic (exact) mass is 285 g/mol. The third-order valence-electron chi connectivity index (χ3n) is 3.53. The lowest BCUT2D eigenvalue weighted by molar-refractivity contribution is 0.384. The zero-order valence-electron chi connectivity index (χ0n) is 13.3. The van der Waals surface area contributed by atoms with E-state index in [2.05, 4.69) is 44.6 Å². The molecule has 1 aliphatic carbocycles. The summed E-state index contributed by atoms with van der Waals surface area (Å²) < 4.78 is 0. The van der Waals surface area contributed by atoms with Crippen LogP contribution in [0.4, 0.5) is 0 Å². The average molecular weight is 286 g/mol. The molecular formula is C15H31N3S. The third kappa shape index (κ3) is 7.09. The zero-order chi connectivity index (χ0) is 14.3. The van der Waals surface area contributed by atoms with Crippen LogP contribution in [0, 0.1) is 5.41 Å². The van der Waals surface area contributed by atoms with E-state index in [0.29, 0.717) is 11.5 Å². The SMILES string of the molecule is CCNC(=NCCC(C)(C)C)NC1CCC(SC)C1. The molecule has 0 aliphatic heterocycles. The minimum absolute atomic E-state index is 0.359. The number of nitrogens with zero attached hydrogens (tertiary/aromatic N) is 1. The Kier molecular flexibility index (Phi) is 7.05. The van der Waals surface area contributed by atoms with Gasteiger partial charge in [-0.25, -0.2) is 0 Å². The smallest absolute Gasteiger partial charge is 0.191 e. The number of aliphatic imine (C=N–C) groups is 1. The summed E-state index contributed by atoms with van der Waals surface area (Å²) in [7, 11) is 0. The lowest BCUT2D eigenvalue weighted by atomic mass is 9.92. The van der Waals surface area contributed by atoms with Crippen LogP contribution in [0.5, 0.6) is 0 Å². The Morgan fingerprint density at radius 1 is 1.32 bits per heavy atom. The predicted molar refractivity (Wildman–Crippen MR) is 88.1 cm³/mol. The van der Waals surface area contributed by atoms with Gasteiger partial charge in [-0.15, -0.1) is 0 Å². The van der Waals surface area contributed by atoms with Gasteiger partial charge in [0.05, 0.1) is 0 Å². The largest absolute Gasteiger partial charge is 0.357 e. The minimum Gasteiger partial charge on any atom is -0.357 e. The molecule has 4 heteroatoms. The van der Waals surface area contributed by atoms with Crippen molar-refractivity contribution >= 4 is 17.7 Å². The molecule has 0 spiro atoms. The molecule has 1 saturated carbocycles. The number of thioether (sulfide) groups is 1. The van der Waals surface area contributed by atoms with Gasteiger partial charge in [0.2, 0.25) is 0 Å². The second-order valence-corrected chi connectivity index (χ2v) is 7.72. The maximum atomic E-state index is 4.70. The normalized spacial score (nSPS) is 24.6. The van der Waals surface area contributed by atoms with Crippen LogP contribution >= 0.6 is 11.8 Å². The van der Waals surface area contributed by atoms with E-state index in [4.69, 9.17) is 4.99 Å². The molecule has 0 aromatic heterocycles. The highest BCUT2D eigenvalue weighted by atomic mass is 32.2. The molecule has 1 rings (SSSR count). The molecule has 0 bridgehead atoms. The molecule has 0 saturated heterocycles. The zero-order valence-corrected chi connectivity index (χ0v) is 14.1. The Bertz CT molecular complexity index is 284. The van der Waals surface area contributed by atoms with Crippen LogP contribution in [0.25, 0.3) is 0 Å². The molecule has 0 aromatic carbocycles. The summed E-state index contributed by atoms with van der Waals surface area (Å²) in [5.41, 5.74) is 0.359. The molecule has 1 fully saturated rings. The molecule has 0 heterocycles. The number of guanidine groups is 1. The molecule has 0 aromatic rings. The fraction of sp³-hybridized carbons (Fsp3) is 0.933. The Balaban J connectivity index is 2.41. The first kappa shape index (κ1) is 16.7. The van der Waals surface area contributed by atoms with E-state index in [0.717, 1.165) is 30.7 Å². The van der Waals surface area contributed by atoms with Crippen LogP contribution in [0.2, 0.25) is 0 Å². The van der Waals surface area contributed by atoms with E-state index >= 15 is 0 Å². The van der Waals surface area contributed by atoms with Gasteiger partial charge in [0, 0.05) is 24.4 Å². The Morgan fingerprint density at radius 2 is 2.05 bits per heavy atom. The molecule has 2 unspecified atom stereocenters. The molecule has 0 radical (unpaired) electrons. The van der Waals surface area contributed by atoms with E-state index in [1.165, 1.54) is 19.3 Å². The van der Waals surface area contributed by atoms with Crippen molar-refractivity contribution in [2.45, 2.75) is 64.7 Å². The van der Waals surface area contributed by atoms with Crippen molar-refractivity contribution in [3.63, 3.8) is 0 Å². The van der Waals surface area contributed by atoms with Gasteiger partial charge >= 0.3 is 0 Å². The van der Waals surface area contributed by atoms with E-state index in [1.54, 1.807) is 0 Å². The highest BCUT2D eigenvalue weighted by molar-refractivity contribution is 7.99. The quantitative estimate of drug-likeness (QED) is 0.601. The summed E-state index contributed by atoms with van der Waals surface area (Å²) in [6.07, 6.45) is 7.22. The van der Waals surface area contributed by atoms with E-state index in [1.807, 2.05) is 11.8 Å². The molecule has 0 amide bonds. The third-order valence-corrected chi connectivity index (χ3v) is 4.63. The van der Waals surface area contributed by atoms with Crippen LogP contribution in [-0.4, -0.2) is 36.6 Å². The molecule has 2 atom stereocenters. The standard InChI is InChI=1S/C15H31N3S/c1-6-16-14(17-10-9-15(2,3)4)18-12-7-8-13(11-12)19-5/h12-13H,6-11H2,1-5H3,(H2,16,17,18). The minimum atomic E-state index is 0.359. The first-order valence-electron chi connectivity index (χ1n) is 7.52. The lowest BCUT2D eigenvalue weighted by Gasteiger charge is -2.19. The van der Waals surface area contributed by atoms with Crippen molar-refractivity contribution in [3.05, 3.63) is 0 Å². The van der Waals surface area contributed by atoms with Gasteiger partial charge in [-0.05, 0) is 44.3 Å². The van der Waals surface area contributed by atoms with Crippen LogP contribution in [0.15, 0.2) is 4.99 Å². The van der Waals surface area contributed by atoms with Crippen LogP contribution < -0.4 is 10.6 Å². The van der Waals surface area contributed by atoms with Gasteiger partial charge in [0.15, 0.2) is 5.96 Å².